The van der Waals surface area contributed by atoms with E-state index in [-0.39, 0.29) is 11.8 Å². The standard InChI is InChI=1S/C33H52N2O4/c1-4-5-6-7-8-9-10-11-12-13-14-15-16-17-18-19-20-21-30(34-27(3)36)33(38)35-28-22-23-29-26(2)24-32(37)39-31(29)25-28/h22-25,30H,4-21H2,1-3H3,(H,34,36)(H,35,38)/t30-/m0/s1. The molecule has 1 atom stereocenters. The van der Waals surface area contributed by atoms with Crippen LogP contribution >= 0.6 is 0 Å². The molecule has 1 heterocycles. The lowest BCUT2D eigenvalue weighted by Crippen LogP contribution is -2.42. The van der Waals surface area contributed by atoms with E-state index >= 15 is 0 Å². The van der Waals surface area contributed by atoms with Gasteiger partial charge in [0.15, 0.2) is 0 Å². The Balaban J connectivity index is 1.58. The molecular weight excluding hydrogens is 488 g/mol. The molecule has 1 aromatic carbocycles. The van der Waals surface area contributed by atoms with E-state index in [0.29, 0.717) is 17.7 Å². The zero-order valence-corrected chi connectivity index (χ0v) is 24.7. The van der Waals surface area contributed by atoms with Gasteiger partial charge in [-0.1, -0.05) is 116 Å². The highest BCUT2D eigenvalue weighted by atomic mass is 16.4. The summed E-state index contributed by atoms with van der Waals surface area (Å²) in [6.45, 7) is 5.56. The van der Waals surface area contributed by atoms with Crippen LogP contribution in [-0.2, 0) is 9.59 Å². The molecule has 2 aromatic rings. The maximum Gasteiger partial charge on any atom is 0.336 e. The van der Waals surface area contributed by atoms with Crippen LogP contribution in [0.1, 0.15) is 135 Å². The number of benzene rings is 1. The number of fused-ring (bicyclic) bond motifs is 1. The zero-order valence-electron chi connectivity index (χ0n) is 24.7. The van der Waals surface area contributed by atoms with Crippen LogP contribution in [0.3, 0.4) is 0 Å². The Labute approximate surface area is 235 Å². The largest absolute Gasteiger partial charge is 0.423 e. The van der Waals surface area contributed by atoms with E-state index in [4.69, 9.17) is 4.42 Å². The molecule has 39 heavy (non-hydrogen) atoms. The summed E-state index contributed by atoms with van der Waals surface area (Å²) in [6.07, 6.45) is 22.8. The van der Waals surface area contributed by atoms with Crippen LogP contribution in [0.25, 0.3) is 11.0 Å². The number of nitrogens with one attached hydrogen (secondary N) is 2. The molecular formula is C33H52N2O4. The summed E-state index contributed by atoms with van der Waals surface area (Å²) < 4.78 is 5.28. The van der Waals surface area contributed by atoms with Crippen molar-refractivity contribution in [1.29, 1.82) is 0 Å². The number of rotatable bonds is 21. The number of hydrogen-bond donors (Lipinski definition) is 2. The molecule has 2 rings (SSSR count). The van der Waals surface area contributed by atoms with Gasteiger partial charge in [0, 0.05) is 30.1 Å². The van der Waals surface area contributed by atoms with Crippen LogP contribution < -0.4 is 16.3 Å². The minimum absolute atomic E-state index is 0.220. The fourth-order valence-electron chi connectivity index (χ4n) is 5.22. The fraction of sp³-hybridized carbons (Fsp3) is 0.667. The first-order valence-corrected chi connectivity index (χ1v) is 15.5. The fourth-order valence-corrected chi connectivity index (χ4v) is 5.22. The zero-order chi connectivity index (χ0) is 28.3. The summed E-state index contributed by atoms with van der Waals surface area (Å²) in [6, 6.07) is 6.13. The third-order valence-corrected chi connectivity index (χ3v) is 7.51. The minimum Gasteiger partial charge on any atom is -0.423 e. The molecule has 6 heteroatoms. The number of amides is 2. The van der Waals surface area contributed by atoms with Gasteiger partial charge in [0.25, 0.3) is 0 Å². The van der Waals surface area contributed by atoms with Gasteiger partial charge in [-0.3, -0.25) is 9.59 Å². The minimum atomic E-state index is -0.584. The number of hydrogen-bond acceptors (Lipinski definition) is 4. The van der Waals surface area contributed by atoms with Crippen molar-refractivity contribution in [1.82, 2.24) is 5.32 Å². The van der Waals surface area contributed by atoms with Crippen LogP contribution in [0.4, 0.5) is 5.69 Å². The molecule has 0 saturated heterocycles. The smallest absolute Gasteiger partial charge is 0.336 e. The normalized spacial score (nSPS) is 12.0. The Kier molecular flexibility index (Phi) is 16.2. The quantitative estimate of drug-likeness (QED) is 0.123. The van der Waals surface area contributed by atoms with Crippen LogP contribution in [0.5, 0.6) is 0 Å². The number of anilines is 1. The van der Waals surface area contributed by atoms with Crippen LogP contribution in [0.15, 0.2) is 33.5 Å². The van der Waals surface area contributed by atoms with Gasteiger partial charge in [0.05, 0.1) is 0 Å². The predicted octanol–water partition coefficient (Wildman–Crippen LogP) is 8.59. The molecule has 0 aliphatic rings. The maximum atomic E-state index is 12.9. The molecule has 0 fully saturated rings. The lowest BCUT2D eigenvalue weighted by Gasteiger charge is -2.18. The Morgan fingerprint density at radius 2 is 1.28 bits per heavy atom. The van der Waals surface area contributed by atoms with E-state index in [1.165, 1.54) is 103 Å². The van der Waals surface area contributed by atoms with E-state index in [2.05, 4.69) is 17.6 Å². The molecule has 0 radical (unpaired) electrons. The molecule has 1 aromatic heterocycles. The van der Waals surface area contributed by atoms with Gasteiger partial charge in [-0.05, 0) is 31.0 Å². The summed E-state index contributed by atoms with van der Waals surface area (Å²) in [7, 11) is 0. The van der Waals surface area contributed by atoms with E-state index < -0.39 is 11.7 Å². The number of carbonyl (C=O) groups is 2. The monoisotopic (exact) mass is 540 g/mol. The maximum absolute atomic E-state index is 12.9. The molecule has 2 N–H and O–H groups in total. The second kappa shape index (κ2) is 19.4. The van der Waals surface area contributed by atoms with Crippen molar-refractivity contribution in [3.05, 3.63) is 40.2 Å². The van der Waals surface area contributed by atoms with Crippen molar-refractivity contribution in [3.8, 4) is 0 Å². The topological polar surface area (TPSA) is 88.4 Å². The molecule has 0 aliphatic carbocycles. The van der Waals surface area contributed by atoms with E-state index in [9.17, 15) is 14.4 Å². The van der Waals surface area contributed by atoms with E-state index in [1.807, 2.05) is 13.0 Å². The summed E-state index contributed by atoms with van der Waals surface area (Å²) in [5.41, 5.74) is 1.38. The van der Waals surface area contributed by atoms with Gasteiger partial charge in [-0.25, -0.2) is 4.79 Å². The van der Waals surface area contributed by atoms with Crippen LogP contribution in [-0.4, -0.2) is 17.9 Å². The Morgan fingerprint density at radius 3 is 1.79 bits per heavy atom. The van der Waals surface area contributed by atoms with Crippen molar-refractivity contribution in [3.63, 3.8) is 0 Å². The van der Waals surface area contributed by atoms with Crippen molar-refractivity contribution < 1.29 is 14.0 Å². The Hall–Kier alpha value is -2.63. The van der Waals surface area contributed by atoms with Crippen molar-refractivity contribution in [2.24, 2.45) is 0 Å². The summed E-state index contributed by atoms with van der Waals surface area (Å²) >= 11 is 0. The SMILES string of the molecule is CCCCCCCCCCCCCCCCCCC[C@H](NC(C)=O)C(=O)Nc1ccc2c(C)cc(=O)oc2c1. The van der Waals surface area contributed by atoms with Gasteiger partial charge in [-0.15, -0.1) is 0 Å². The molecule has 0 aliphatic heterocycles. The van der Waals surface area contributed by atoms with E-state index in [0.717, 1.165) is 30.2 Å². The lowest BCUT2D eigenvalue weighted by molar-refractivity contribution is -0.125. The van der Waals surface area contributed by atoms with Crippen LogP contribution in [0, 0.1) is 6.92 Å². The number of unbranched alkanes of at least 4 members (excludes halogenated alkanes) is 16. The Bertz CT molecular complexity index is 1050. The lowest BCUT2D eigenvalue weighted by atomic mass is 10.0. The first-order chi connectivity index (χ1) is 18.9. The summed E-state index contributed by atoms with van der Waals surface area (Å²) in [5, 5.41) is 6.48. The van der Waals surface area contributed by atoms with E-state index in [1.54, 1.807) is 12.1 Å². The Morgan fingerprint density at radius 1 is 0.769 bits per heavy atom. The van der Waals surface area contributed by atoms with Crippen LogP contribution in [0.2, 0.25) is 0 Å². The molecule has 0 saturated carbocycles. The first-order valence-electron chi connectivity index (χ1n) is 15.5. The molecule has 0 bridgehead atoms. The summed E-state index contributed by atoms with van der Waals surface area (Å²) in [4.78, 5) is 36.3. The molecule has 6 nitrogen and oxygen atoms in total. The first kappa shape index (κ1) is 32.6. The highest BCUT2D eigenvalue weighted by molar-refractivity contribution is 5.98. The molecule has 0 spiro atoms. The molecule has 218 valence electrons. The highest BCUT2D eigenvalue weighted by Crippen LogP contribution is 2.21. The van der Waals surface area contributed by atoms with Gasteiger partial charge >= 0.3 is 5.63 Å². The molecule has 2 amide bonds. The summed E-state index contributed by atoms with van der Waals surface area (Å²) in [5.74, 6) is -0.474. The van der Waals surface area contributed by atoms with Gasteiger partial charge in [-0.2, -0.15) is 0 Å². The average Bonchev–Trinajstić information content (AvgIpc) is 2.89. The highest BCUT2D eigenvalue weighted by Gasteiger charge is 2.19. The second-order valence-electron chi connectivity index (χ2n) is 11.1. The third-order valence-electron chi connectivity index (χ3n) is 7.51. The predicted molar refractivity (Wildman–Crippen MR) is 162 cm³/mol. The number of aryl methyl sites for hydroxylation is 1. The van der Waals surface area contributed by atoms with Gasteiger partial charge in [0.2, 0.25) is 11.8 Å². The van der Waals surface area contributed by atoms with Gasteiger partial charge in [0.1, 0.15) is 11.6 Å². The third kappa shape index (κ3) is 13.8. The molecule has 0 unspecified atom stereocenters. The van der Waals surface area contributed by atoms with Crippen molar-refractivity contribution >= 4 is 28.5 Å². The average molecular weight is 541 g/mol. The number of carbonyl (C=O) groups excluding carboxylic acids is 2. The van der Waals surface area contributed by atoms with Crippen molar-refractivity contribution in [2.75, 3.05) is 5.32 Å². The van der Waals surface area contributed by atoms with Gasteiger partial charge < -0.3 is 15.1 Å². The van der Waals surface area contributed by atoms with Crippen molar-refractivity contribution in [2.45, 2.75) is 142 Å². The second-order valence-corrected chi connectivity index (χ2v) is 11.1.